The first-order valence-corrected chi connectivity index (χ1v) is 8.69. The van der Waals surface area contributed by atoms with Crippen LogP contribution >= 0.6 is 0 Å². The van der Waals surface area contributed by atoms with Gasteiger partial charge in [0.1, 0.15) is 5.75 Å². The van der Waals surface area contributed by atoms with E-state index in [1.54, 1.807) is 13.4 Å². The van der Waals surface area contributed by atoms with E-state index in [1.165, 1.54) is 5.56 Å². The van der Waals surface area contributed by atoms with Crippen LogP contribution in [0.3, 0.4) is 0 Å². The number of benzene rings is 1. The molecule has 0 radical (unpaired) electrons. The molecule has 1 aromatic carbocycles. The number of amides is 1. The van der Waals surface area contributed by atoms with Crippen molar-refractivity contribution in [1.82, 2.24) is 5.32 Å². The second-order valence-corrected chi connectivity index (χ2v) is 5.54. The molecule has 0 aromatic heterocycles. The number of nitrogens with one attached hydrogen (secondary N) is 1. The normalized spacial score (nSPS) is 13.2. The van der Waals surface area contributed by atoms with Crippen LogP contribution in [-0.4, -0.2) is 25.7 Å². The number of methoxy groups -OCH3 is 1. The maximum Gasteiger partial charge on any atom is 0.261 e. The van der Waals surface area contributed by atoms with Gasteiger partial charge in [-0.25, -0.2) is 0 Å². The highest BCUT2D eigenvalue weighted by Crippen LogP contribution is 2.15. The molecular weight excluding hydrogens is 314 g/mol. The van der Waals surface area contributed by atoms with E-state index in [0.717, 1.165) is 12.0 Å². The highest BCUT2D eigenvalue weighted by atomic mass is 16.5. The Balaban J connectivity index is 2.66. The molecular formula is C21H29NO3. The van der Waals surface area contributed by atoms with E-state index in [4.69, 9.17) is 9.47 Å². The van der Waals surface area contributed by atoms with Gasteiger partial charge in [-0.1, -0.05) is 44.2 Å². The van der Waals surface area contributed by atoms with Crippen molar-refractivity contribution in [1.29, 1.82) is 0 Å². The molecule has 4 heteroatoms. The Labute approximate surface area is 151 Å². The zero-order valence-electron chi connectivity index (χ0n) is 15.6. The Morgan fingerprint density at radius 2 is 1.96 bits per heavy atom. The van der Waals surface area contributed by atoms with E-state index in [9.17, 15) is 4.79 Å². The number of aryl methyl sites for hydroxylation is 1. The molecule has 25 heavy (non-hydrogen) atoms. The number of rotatable bonds is 10. The monoisotopic (exact) mass is 343 g/mol. The van der Waals surface area contributed by atoms with E-state index in [0.29, 0.717) is 18.7 Å². The number of hydrogen-bond acceptors (Lipinski definition) is 3. The molecule has 1 aromatic rings. The largest absolute Gasteiger partial charge is 0.504 e. The average molecular weight is 343 g/mol. The van der Waals surface area contributed by atoms with Crippen LogP contribution in [0.2, 0.25) is 0 Å². The van der Waals surface area contributed by atoms with Crippen molar-refractivity contribution >= 4 is 5.91 Å². The Hall–Kier alpha value is -2.49. The molecule has 136 valence electrons. The summed E-state index contributed by atoms with van der Waals surface area (Å²) >= 11 is 0. The standard InChI is InChI=1S/C21H29NO3/c1-5-8-9-18(14-15-24-4)16-22-21(23)20(7-3)25-19-12-10-17(6-2)11-13-19/h5,8-15,20H,6-7,16H2,1-4H3,(H,22,23)/b8-5-,15-14+,18-9+. The third kappa shape index (κ3) is 7.75. The highest BCUT2D eigenvalue weighted by molar-refractivity contribution is 5.81. The predicted molar refractivity (Wildman–Crippen MR) is 103 cm³/mol. The molecule has 1 atom stereocenters. The van der Waals surface area contributed by atoms with Crippen molar-refractivity contribution in [2.24, 2.45) is 0 Å². The van der Waals surface area contributed by atoms with Gasteiger partial charge >= 0.3 is 0 Å². The number of carbonyl (C=O) groups excluding carboxylic acids is 1. The van der Waals surface area contributed by atoms with Gasteiger partial charge in [-0.3, -0.25) is 4.79 Å². The molecule has 0 bridgehead atoms. The van der Waals surface area contributed by atoms with Crippen LogP contribution in [0.5, 0.6) is 5.75 Å². The first-order chi connectivity index (χ1) is 12.1. The molecule has 0 aliphatic carbocycles. The van der Waals surface area contributed by atoms with Crippen molar-refractivity contribution in [3.05, 3.63) is 66.0 Å². The van der Waals surface area contributed by atoms with Crippen LogP contribution in [0.1, 0.15) is 32.8 Å². The molecule has 1 unspecified atom stereocenters. The average Bonchev–Trinajstić information content (AvgIpc) is 2.65. The van der Waals surface area contributed by atoms with Gasteiger partial charge in [-0.05, 0) is 49.1 Å². The van der Waals surface area contributed by atoms with Gasteiger partial charge in [0.15, 0.2) is 6.10 Å². The smallest absolute Gasteiger partial charge is 0.261 e. The first-order valence-electron chi connectivity index (χ1n) is 8.69. The SMILES string of the molecule is C\C=C/C=C(\C=C\OC)CNC(=O)C(CC)Oc1ccc(CC)cc1. The van der Waals surface area contributed by atoms with E-state index < -0.39 is 6.10 Å². The number of ether oxygens (including phenoxy) is 2. The summed E-state index contributed by atoms with van der Waals surface area (Å²) in [6, 6.07) is 7.86. The van der Waals surface area contributed by atoms with Gasteiger partial charge in [-0.2, -0.15) is 0 Å². The van der Waals surface area contributed by atoms with Gasteiger partial charge in [0.05, 0.1) is 13.4 Å². The lowest BCUT2D eigenvalue weighted by Crippen LogP contribution is -2.38. The third-order valence-corrected chi connectivity index (χ3v) is 3.66. The molecule has 0 fully saturated rings. The predicted octanol–water partition coefficient (Wildman–Crippen LogP) is 4.19. The molecule has 0 saturated heterocycles. The van der Waals surface area contributed by atoms with Crippen LogP contribution in [0.15, 0.2) is 60.4 Å². The summed E-state index contributed by atoms with van der Waals surface area (Å²) in [7, 11) is 1.59. The van der Waals surface area contributed by atoms with Gasteiger partial charge in [0.25, 0.3) is 5.91 Å². The number of hydrogen-bond donors (Lipinski definition) is 1. The molecule has 0 heterocycles. The van der Waals surface area contributed by atoms with Crippen molar-refractivity contribution in [2.75, 3.05) is 13.7 Å². The van der Waals surface area contributed by atoms with Crippen LogP contribution in [-0.2, 0) is 16.0 Å². The van der Waals surface area contributed by atoms with Gasteiger partial charge in [-0.15, -0.1) is 0 Å². The minimum atomic E-state index is -0.512. The van der Waals surface area contributed by atoms with Crippen LogP contribution in [0.4, 0.5) is 0 Å². The fourth-order valence-corrected chi connectivity index (χ4v) is 2.14. The summed E-state index contributed by atoms with van der Waals surface area (Å²) in [4.78, 5) is 12.4. The minimum absolute atomic E-state index is 0.126. The lowest BCUT2D eigenvalue weighted by Gasteiger charge is -2.17. The quantitative estimate of drug-likeness (QED) is 0.512. The number of carbonyl (C=O) groups is 1. The summed E-state index contributed by atoms with van der Waals surface area (Å²) in [5, 5.41) is 2.92. The van der Waals surface area contributed by atoms with Crippen molar-refractivity contribution < 1.29 is 14.3 Å². The van der Waals surface area contributed by atoms with E-state index in [1.807, 2.05) is 62.4 Å². The van der Waals surface area contributed by atoms with Gasteiger partial charge < -0.3 is 14.8 Å². The zero-order valence-corrected chi connectivity index (χ0v) is 15.6. The zero-order chi connectivity index (χ0) is 18.5. The summed E-state index contributed by atoms with van der Waals surface area (Å²) in [5.74, 6) is 0.586. The maximum absolute atomic E-state index is 12.4. The topological polar surface area (TPSA) is 47.6 Å². The van der Waals surface area contributed by atoms with Gasteiger partial charge in [0.2, 0.25) is 0 Å². The lowest BCUT2D eigenvalue weighted by atomic mass is 10.1. The molecule has 1 N–H and O–H groups in total. The Kier molecular flexibility index (Phi) is 9.83. The van der Waals surface area contributed by atoms with Gasteiger partial charge in [0, 0.05) is 6.54 Å². The highest BCUT2D eigenvalue weighted by Gasteiger charge is 2.18. The molecule has 0 saturated carbocycles. The molecule has 0 spiro atoms. The lowest BCUT2D eigenvalue weighted by molar-refractivity contribution is -0.127. The number of allylic oxidation sites excluding steroid dienone is 3. The first kappa shape index (κ1) is 20.6. The van der Waals surface area contributed by atoms with Crippen LogP contribution in [0, 0.1) is 0 Å². The Morgan fingerprint density at radius 3 is 2.52 bits per heavy atom. The fourth-order valence-electron chi connectivity index (χ4n) is 2.14. The Bertz CT molecular complexity index is 600. The fraction of sp³-hybridized carbons (Fsp3) is 0.381. The van der Waals surface area contributed by atoms with E-state index in [-0.39, 0.29) is 5.91 Å². The maximum atomic E-state index is 12.4. The molecule has 1 amide bonds. The van der Waals surface area contributed by atoms with E-state index >= 15 is 0 Å². The molecule has 0 aliphatic rings. The summed E-state index contributed by atoms with van der Waals surface area (Å²) in [6.07, 6.45) is 10.3. The van der Waals surface area contributed by atoms with Crippen molar-refractivity contribution in [3.8, 4) is 5.75 Å². The van der Waals surface area contributed by atoms with Crippen LogP contribution in [0.25, 0.3) is 0 Å². The molecule has 0 aliphatic heterocycles. The third-order valence-electron chi connectivity index (χ3n) is 3.66. The molecule has 1 rings (SSSR count). The Morgan fingerprint density at radius 1 is 1.24 bits per heavy atom. The molecule has 4 nitrogen and oxygen atoms in total. The summed E-state index contributed by atoms with van der Waals surface area (Å²) < 4.78 is 10.8. The second-order valence-electron chi connectivity index (χ2n) is 5.54. The second kappa shape index (κ2) is 12.0. The van der Waals surface area contributed by atoms with E-state index in [2.05, 4.69) is 12.2 Å². The van der Waals surface area contributed by atoms with Crippen molar-refractivity contribution in [2.45, 2.75) is 39.7 Å². The van der Waals surface area contributed by atoms with Crippen molar-refractivity contribution in [3.63, 3.8) is 0 Å². The van der Waals surface area contributed by atoms with Crippen LogP contribution < -0.4 is 10.1 Å². The summed E-state index contributed by atoms with van der Waals surface area (Å²) in [5.41, 5.74) is 2.18. The minimum Gasteiger partial charge on any atom is -0.504 e. The summed E-state index contributed by atoms with van der Waals surface area (Å²) in [6.45, 7) is 6.40.